The van der Waals surface area contributed by atoms with Crippen LogP contribution >= 0.6 is 15.9 Å². The van der Waals surface area contributed by atoms with Crippen molar-refractivity contribution in [2.24, 2.45) is 29.1 Å². The molecule has 2 amide bonds. The van der Waals surface area contributed by atoms with Crippen LogP contribution in [0.1, 0.15) is 44.9 Å². The first-order valence-electron chi connectivity index (χ1n) is 12.3. The van der Waals surface area contributed by atoms with E-state index in [0.717, 1.165) is 35.8 Å². The molecule has 4 atom stereocenters. The highest BCUT2D eigenvalue weighted by molar-refractivity contribution is 9.10. The van der Waals surface area contributed by atoms with Gasteiger partial charge in [0.05, 0.1) is 11.8 Å². The van der Waals surface area contributed by atoms with E-state index in [-0.39, 0.29) is 40.9 Å². The Morgan fingerprint density at radius 1 is 0.938 bits per heavy atom. The van der Waals surface area contributed by atoms with Crippen LogP contribution in [0.15, 0.2) is 40.9 Å². The smallest absolute Gasteiger partial charge is 0.228 e. The lowest BCUT2D eigenvalue weighted by molar-refractivity contribution is -0.132. The standard InChI is InChI=1S/C26H34BrN3O2/c27-18-6-8-19(9-7-18)29-25(32)23-21-11-10-20(26(21)12-13-26)22(23)24(31)28-14-2-1-3-15-30-16-4-5-17-30/h6-11,20-23H,1-5,12-17H2,(H,28,31)(H,29,32)/t20-,21+,22-,23-/m1/s1. The summed E-state index contributed by atoms with van der Waals surface area (Å²) in [7, 11) is 0. The minimum Gasteiger partial charge on any atom is -0.356 e. The molecule has 1 spiro atoms. The van der Waals surface area contributed by atoms with Gasteiger partial charge in [-0.05, 0) is 99.7 Å². The first-order chi connectivity index (χ1) is 15.6. The molecule has 3 aliphatic carbocycles. The van der Waals surface area contributed by atoms with Crippen molar-refractivity contribution in [2.45, 2.75) is 44.9 Å². The van der Waals surface area contributed by atoms with Gasteiger partial charge in [0.2, 0.25) is 11.8 Å². The maximum absolute atomic E-state index is 13.3. The number of likely N-dealkylation sites (tertiary alicyclic amines) is 1. The van der Waals surface area contributed by atoms with Gasteiger partial charge in [-0.3, -0.25) is 9.59 Å². The molecular weight excluding hydrogens is 466 g/mol. The lowest BCUT2D eigenvalue weighted by atomic mass is 9.81. The van der Waals surface area contributed by atoms with Crippen molar-refractivity contribution in [3.05, 3.63) is 40.9 Å². The lowest BCUT2D eigenvalue weighted by Crippen LogP contribution is -2.42. The van der Waals surface area contributed by atoms with E-state index < -0.39 is 0 Å². The van der Waals surface area contributed by atoms with Gasteiger partial charge in [0.25, 0.3) is 0 Å². The van der Waals surface area contributed by atoms with E-state index in [4.69, 9.17) is 0 Å². The Kier molecular flexibility index (Phi) is 6.44. The van der Waals surface area contributed by atoms with Gasteiger partial charge in [-0.15, -0.1) is 0 Å². The van der Waals surface area contributed by atoms with Gasteiger partial charge in [0.1, 0.15) is 0 Å². The number of carbonyl (C=O) groups is 2. The van der Waals surface area contributed by atoms with Crippen molar-refractivity contribution < 1.29 is 9.59 Å². The second-order valence-corrected chi connectivity index (χ2v) is 11.0. The Balaban J connectivity index is 1.16. The summed E-state index contributed by atoms with van der Waals surface area (Å²) >= 11 is 3.44. The molecule has 0 unspecified atom stereocenters. The Labute approximate surface area is 199 Å². The zero-order chi connectivity index (χ0) is 22.1. The Hall–Kier alpha value is -1.66. The number of amides is 2. The molecule has 2 bridgehead atoms. The number of nitrogens with zero attached hydrogens (tertiary/aromatic N) is 1. The highest BCUT2D eigenvalue weighted by Crippen LogP contribution is 2.72. The molecule has 5 rings (SSSR count). The summed E-state index contributed by atoms with van der Waals surface area (Å²) in [6, 6.07) is 7.64. The van der Waals surface area contributed by atoms with E-state index in [1.807, 2.05) is 24.3 Å². The Bertz CT molecular complexity index is 874. The SMILES string of the molecule is O=C(NCCCCCN1CCCC1)[C@H]1[C@H](C(=O)Nc2ccc(Br)cc2)[C@@H]2C=C[C@H]1C21CC1. The summed E-state index contributed by atoms with van der Waals surface area (Å²) in [5, 5.41) is 6.27. The van der Waals surface area contributed by atoms with E-state index >= 15 is 0 Å². The quantitative estimate of drug-likeness (QED) is 0.385. The number of unbranched alkanes of at least 4 members (excludes halogenated alkanes) is 2. The van der Waals surface area contributed by atoms with E-state index in [1.165, 1.54) is 38.9 Å². The Morgan fingerprint density at radius 2 is 1.59 bits per heavy atom. The van der Waals surface area contributed by atoms with Crippen LogP contribution in [0.2, 0.25) is 0 Å². The lowest BCUT2D eigenvalue weighted by Gasteiger charge is -2.26. The highest BCUT2D eigenvalue weighted by atomic mass is 79.9. The number of allylic oxidation sites excluding steroid dienone is 2. The molecule has 3 fully saturated rings. The van der Waals surface area contributed by atoms with Gasteiger partial charge in [-0.1, -0.05) is 34.5 Å². The summed E-state index contributed by atoms with van der Waals surface area (Å²) in [6.45, 7) is 4.40. The first kappa shape index (κ1) is 22.1. The third kappa shape index (κ3) is 4.28. The fourth-order valence-electron chi connectivity index (χ4n) is 6.44. The fourth-order valence-corrected chi connectivity index (χ4v) is 6.71. The minimum atomic E-state index is -0.272. The fraction of sp³-hybridized carbons (Fsp3) is 0.615. The molecule has 4 aliphatic rings. The van der Waals surface area contributed by atoms with Gasteiger partial charge in [0.15, 0.2) is 0 Å². The number of rotatable bonds is 9. The van der Waals surface area contributed by atoms with Crippen LogP contribution in [0.25, 0.3) is 0 Å². The molecule has 1 saturated heterocycles. The number of anilines is 1. The highest BCUT2D eigenvalue weighted by Gasteiger charge is 2.69. The summed E-state index contributed by atoms with van der Waals surface area (Å²) in [4.78, 5) is 29.1. The number of halogens is 1. The van der Waals surface area contributed by atoms with Gasteiger partial charge in [-0.25, -0.2) is 0 Å². The van der Waals surface area contributed by atoms with Gasteiger partial charge < -0.3 is 15.5 Å². The number of nitrogens with one attached hydrogen (secondary N) is 2. The first-order valence-corrected chi connectivity index (χ1v) is 13.1. The summed E-state index contributed by atoms with van der Waals surface area (Å²) in [5.74, 6) is -0.0498. The van der Waals surface area contributed by atoms with Crippen molar-refractivity contribution >= 4 is 33.4 Å². The van der Waals surface area contributed by atoms with Gasteiger partial charge in [0, 0.05) is 16.7 Å². The summed E-state index contributed by atoms with van der Waals surface area (Å²) in [6.07, 6.45) is 12.7. The predicted molar refractivity (Wildman–Crippen MR) is 130 cm³/mol. The van der Waals surface area contributed by atoms with Crippen molar-refractivity contribution in [3.63, 3.8) is 0 Å². The molecule has 0 radical (unpaired) electrons. The van der Waals surface area contributed by atoms with Crippen LogP contribution in [0, 0.1) is 29.1 Å². The second-order valence-electron chi connectivity index (χ2n) is 10.1. The molecule has 1 heterocycles. The average Bonchev–Trinajstić information content (AvgIpc) is 3.15. The van der Waals surface area contributed by atoms with Crippen LogP contribution in [-0.2, 0) is 9.59 Å². The molecule has 32 heavy (non-hydrogen) atoms. The molecule has 172 valence electrons. The maximum Gasteiger partial charge on any atom is 0.228 e. The van der Waals surface area contributed by atoms with Crippen LogP contribution < -0.4 is 10.6 Å². The molecule has 2 saturated carbocycles. The molecule has 5 nitrogen and oxygen atoms in total. The molecule has 6 heteroatoms. The van der Waals surface area contributed by atoms with Gasteiger partial charge >= 0.3 is 0 Å². The molecular formula is C26H34BrN3O2. The average molecular weight is 500 g/mol. The largest absolute Gasteiger partial charge is 0.356 e. The van der Waals surface area contributed by atoms with Crippen LogP contribution in [-0.4, -0.2) is 42.9 Å². The molecule has 2 N–H and O–H groups in total. The number of benzene rings is 1. The third-order valence-electron chi connectivity index (χ3n) is 8.21. The van der Waals surface area contributed by atoms with Crippen molar-refractivity contribution in [1.82, 2.24) is 10.2 Å². The molecule has 1 aromatic carbocycles. The van der Waals surface area contributed by atoms with Crippen molar-refractivity contribution in [3.8, 4) is 0 Å². The van der Waals surface area contributed by atoms with Crippen molar-refractivity contribution in [2.75, 3.05) is 31.5 Å². The maximum atomic E-state index is 13.3. The summed E-state index contributed by atoms with van der Waals surface area (Å²) in [5.41, 5.74) is 0.950. The third-order valence-corrected chi connectivity index (χ3v) is 8.74. The molecule has 1 aromatic rings. The van der Waals surface area contributed by atoms with E-state index in [1.54, 1.807) is 0 Å². The number of hydrogen-bond acceptors (Lipinski definition) is 3. The van der Waals surface area contributed by atoms with E-state index in [2.05, 4.69) is 43.6 Å². The van der Waals surface area contributed by atoms with Crippen LogP contribution in [0.5, 0.6) is 0 Å². The van der Waals surface area contributed by atoms with Crippen LogP contribution in [0.3, 0.4) is 0 Å². The topological polar surface area (TPSA) is 61.4 Å². The number of hydrogen-bond donors (Lipinski definition) is 2. The molecule has 1 aliphatic heterocycles. The summed E-state index contributed by atoms with van der Waals surface area (Å²) < 4.78 is 0.980. The predicted octanol–water partition coefficient (Wildman–Crippen LogP) is 4.60. The normalized spacial score (nSPS) is 29.5. The second kappa shape index (κ2) is 9.30. The monoisotopic (exact) mass is 499 g/mol. The zero-order valence-electron chi connectivity index (χ0n) is 18.7. The molecule has 0 aromatic heterocycles. The minimum absolute atomic E-state index is 0.0128. The van der Waals surface area contributed by atoms with Crippen molar-refractivity contribution in [1.29, 1.82) is 0 Å². The zero-order valence-corrected chi connectivity index (χ0v) is 20.3. The Morgan fingerprint density at radius 3 is 2.25 bits per heavy atom. The number of carbonyl (C=O) groups excluding carboxylic acids is 2. The van der Waals surface area contributed by atoms with E-state index in [0.29, 0.717) is 6.54 Å². The van der Waals surface area contributed by atoms with E-state index in [9.17, 15) is 9.59 Å². The van der Waals surface area contributed by atoms with Crippen LogP contribution in [0.4, 0.5) is 5.69 Å². The van der Waals surface area contributed by atoms with Gasteiger partial charge in [-0.2, -0.15) is 0 Å².